The van der Waals surface area contributed by atoms with E-state index >= 15 is 0 Å². The quantitative estimate of drug-likeness (QED) is 0.843. The van der Waals surface area contributed by atoms with E-state index in [2.05, 4.69) is 0 Å². The molecule has 2 rings (SSSR count). The van der Waals surface area contributed by atoms with Crippen LogP contribution in [0.3, 0.4) is 0 Å². The number of nitrogen functional groups attached to an aromatic ring is 1. The van der Waals surface area contributed by atoms with Gasteiger partial charge in [0.15, 0.2) is 11.6 Å². The zero-order valence-corrected chi connectivity index (χ0v) is 9.17. The summed E-state index contributed by atoms with van der Waals surface area (Å²) in [7, 11) is 0. The van der Waals surface area contributed by atoms with E-state index in [-0.39, 0.29) is 24.8 Å². The molecule has 0 saturated carbocycles. The van der Waals surface area contributed by atoms with Crippen LogP contribution >= 0.6 is 12.4 Å². The third-order valence-electron chi connectivity index (χ3n) is 1.91. The predicted octanol–water partition coefficient (Wildman–Crippen LogP) is 3.00. The van der Waals surface area contributed by atoms with Crippen molar-refractivity contribution >= 4 is 18.1 Å². The Morgan fingerprint density at radius 1 is 1.31 bits per heavy atom. The minimum Gasteiger partial charge on any atom is -0.483 e. The number of nitrogens with two attached hydrogens (primary N) is 1. The van der Waals surface area contributed by atoms with Gasteiger partial charge in [-0.3, -0.25) is 0 Å². The lowest BCUT2D eigenvalue weighted by Crippen LogP contribution is -1.97. The molecule has 0 aliphatic heterocycles. The molecule has 16 heavy (non-hydrogen) atoms. The standard InChI is InChI=1S/C11H10FNO2.ClH/c12-10-6-8(13)3-4-11(10)15-7-9-2-1-5-14-9;/h1-6H,7,13H2;1H. The first kappa shape index (κ1) is 12.4. The summed E-state index contributed by atoms with van der Waals surface area (Å²) in [5.74, 6) is 0.341. The number of benzene rings is 1. The number of anilines is 1. The molecule has 0 atom stereocenters. The first-order valence-corrected chi connectivity index (χ1v) is 4.46. The number of rotatable bonds is 3. The minimum atomic E-state index is -0.471. The third kappa shape index (κ3) is 2.90. The van der Waals surface area contributed by atoms with Gasteiger partial charge in [-0.2, -0.15) is 0 Å². The van der Waals surface area contributed by atoms with Crippen molar-refractivity contribution in [2.24, 2.45) is 0 Å². The monoisotopic (exact) mass is 243 g/mol. The Hall–Kier alpha value is -1.68. The summed E-state index contributed by atoms with van der Waals surface area (Å²) in [4.78, 5) is 0. The lowest BCUT2D eigenvalue weighted by molar-refractivity contribution is 0.259. The maximum Gasteiger partial charge on any atom is 0.167 e. The molecule has 3 nitrogen and oxygen atoms in total. The Kier molecular flexibility index (Phi) is 4.19. The lowest BCUT2D eigenvalue weighted by atomic mass is 10.3. The smallest absolute Gasteiger partial charge is 0.167 e. The summed E-state index contributed by atoms with van der Waals surface area (Å²) >= 11 is 0. The first-order valence-electron chi connectivity index (χ1n) is 4.46. The zero-order chi connectivity index (χ0) is 10.7. The van der Waals surface area contributed by atoms with Crippen molar-refractivity contribution in [1.82, 2.24) is 0 Å². The van der Waals surface area contributed by atoms with Gasteiger partial charge >= 0.3 is 0 Å². The van der Waals surface area contributed by atoms with Crippen LogP contribution in [0.15, 0.2) is 41.0 Å². The highest BCUT2D eigenvalue weighted by Crippen LogP contribution is 2.20. The molecule has 0 radical (unpaired) electrons. The van der Waals surface area contributed by atoms with Gasteiger partial charge in [0.25, 0.3) is 0 Å². The van der Waals surface area contributed by atoms with Gasteiger partial charge in [-0.15, -0.1) is 12.4 Å². The normalized spacial score (nSPS) is 9.56. The maximum atomic E-state index is 13.2. The van der Waals surface area contributed by atoms with Crippen molar-refractivity contribution in [2.45, 2.75) is 6.61 Å². The van der Waals surface area contributed by atoms with E-state index in [1.54, 1.807) is 18.2 Å². The van der Waals surface area contributed by atoms with Gasteiger partial charge in [0.1, 0.15) is 12.4 Å². The molecule has 0 unspecified atom stereocenters. The van der Waals surface area contributed by atoms with E-state index in [1.807, 2.05) is 0 Å². The molecule has 0 fully saturated rings. The van der Waals surface area contributed by atoms with Crippen LogP contribution < -0.4 is 10.5 Å². The topological polar surface area (TPSA) is 48.4 Å². The summed E-state index contributed by atoms with van der Waals surface area (Å²) in [6.07, 6.45) is 1.54. The summed E-state index contributed by atoms with van der Waals surface area (Å²) < 4.78 is 23.5. The number of hydrogen-bond acceptors (Lipinski definition) is 3. The summed E-state index contributed by atoms with van der Waals surface area (Å²) in [6.45, 7) is 0.202. The number of hydrogen-bond donors (Lipinski definition) is 1. The second-order valence-electron chi connectivity index (χ2n) is 3.06. The average molecular weight is 244 g/mol. The highest BCUT2D eigenvalue weighted by atomic mass is 35.5. The van der Waals surface area contributed by atoms with Gasteiger partial charge in [0.05, 0.1) is 6.26 Å². The molecule has 0 aliphatic carbocycles. The SMILES string of the molecule is Cl.Nc1ccc(OCc2ccco2)c(F)c1. The van der Waals surface area contributed by atoms with Gasteiger partial charge in [0.2, 0.25) is 0 Å². The number of ether oxygens (including phenoxy) is 1. The molecule has 0 amide bonds. The van der Waals surface area contributed by atoms with Crippen molar-refractivity contribution in [3.63, 3.8) is 0 Å². The van der Waals surface area contributed by atoms with Crippen molar-refractivity contribution in [3.8, 4) is 5.75 Å². The second-order valence-corrected chi connectivity index (χ2v) is 3.06. The Bertz CT molecular complexity index is 445. The molecule has 86 valence electrons. The Labute approximate surface area is 98.4 Å². The fourth-order valence-corrected chi connectivity index (χ4v) is 1.18. The van der Waals surface area contributed by atoms with Gasteiger partial charge < -0.3 is 14.9 Å². The molecular weight excluding hydrogens is 233 g/mol. The van der Waals surface area contributed by atoms with Crippen LogP contribution in [0.25, 0.3) is 0 Å². The summed E-state index contributed by atoms with van der Waals surface area (Å²) in [6, 6.07) is 7.80. The molecular formula is C11H11ClFNO2. The van der Waals surface area contributed by atoms with Gasteiger partial charge in [0, 0.05) is 11.8 Å². The Morgan fingerprint density at radius 3 is 2.75 bits per heavy atom. The fourth-order valence-electron chi connectivity index (χ4n) is 1.18. The molecule has 2 aromatic rings. The van der Waals surface area contributed by atoms with E-state index in [4.69, 9.17) is 14.9 Å². The molecule has 0 spiro atoms. The third-order valence-corrected chi connectivity index (χ3v) is 1.91. The van der Waals surface area contributed by atoms with Crippen LogP contribution in [0, 0.1) is 5.82 Å². The van der Waals surface area contributed by atoms with E-state index in [1.165, 1.54) is 18.4 Å². The zero-order valence-electron chi connectivity index (χ0n) is 8.35. The highest BCUT2D eigenvalue weighted by Gasteiger charge is 2.04. The number of furan rings is 1. The molecule has 0 bridgehead atoms. The van der Waals surface area contributed by atoms with Crippen molar-refractivity contribution < 1.29 is 13.5 Å². The number of halogens is 2. The maximum absolute atomic E-state index is 13.2. The van der Waals surface area contributed by atoms with Crippen molar-refractivity contribution in [1.29, 1.82) is 0 Å². The molecule has 1 aromatic carbocycles. The van der Waals surface area contributed by atoms with Crippen LogP contribution in [0.2, 0.25) is 0 Å². The highest BCUT2D eigenvalue weighted by molar-refractivity contribution is 5.85. The molecule has 5 heteroatoms. The lowest BCUT2D eigenvalue weighted by Gasteiger charge is -2.05. The van der Waals surface area contributed by atoms with Crippen molar-refractivity contribution in [3.05, 3.63) is 48.2 Å². The average Bonchev–Trinajstić information content (AvgIpc) is 2.69. The van der Waals surface area contributed by atoms with E-state index in [0.29, 0.717) is 11.4 Å². The molecule has 0 aliphatic rings. The van der Waals surface area contributed by atoms with Crippen LogP contribution in [0.1, 0.15) is 5.76 Å². The van der Waals surface area contributed by atoms with Crippen LogP contribution in [-0.4, -0.2) is 0 Å². The van der Waals surface area contributed by atoms with E-state index < -0.39 is 5.82 Å². The van der Waals surface area contributed by atoms with Crippen LogP contribution in [0.4, 0.5) is 10.1 Å². The van der Waals surface area contributed by atoms with Gasteiger partial charge in [-0.25, -0.2) is 4.39 Å². The van der Waals surface area contributed by atoms with Crippen LogP contribution in [0.5, 0.6) is 5.75 Å². The molecule has 2 N–H and O–H groups in total. The largest absolute Gasteiger partial charge is 0.483 e. The molecule has 1 aromatic heterocycles. The Balaban J connectivity index is 0.00000128. The van der Waals surface area contributed by atoms with Crippen molar-refractivity contribution in [2.75, 3.05) is 5.73 Å². The Morgan fingerprint density at radius 2 is 2.12 bits per heavy atom. The second kappa shape index (κ2) is 5.42. The van der Waals surface area contributed by atoms with E-state index in [0.717, 1.165) is 0 Å². The minimum absolute atomic E-state index is 0. The fraction of sp³-hybridized carbons (Fsp3) is 0.0909. The summed E-state index contributed by atoms with van der Waals surface area (Å²) in [5.41, 5.74) is 5.78. The van der Waals surface area contributed by atoms with Crippen LogP contribution in [-0.2, 0) is 6.61 Å². The van der Waals surface area contributed by atoms with Gasteiger partial charge in [-0.1, -0.05) is 0 Å². The molecule has 1 heterocycles. The first-order chi connectivity index (χ1) is 7.25. The van der Waals surface area contributed by atoms with E-state index in [9.17, 15) is 4.39 Å². The predicted molar refractivity (Wildman–Crippen MR) is 61.1 cm³/mol. The summed E-state index contributed by atoms with van der Waals surface area (Å²) in [5, 5.41) is 0. The molecule has 0 saturated heterocycles. The van der Waals surface area contributed by atoms with Gasteiger partial charge in [-0.05, 0) is 24.3 Å².